The molecule has 0 bridgehead atoms. The van der Waals surface area contributed by atoms with Gasteiger partial charge in [0.05, 0.1) is 19.3 Å². The van der Waals surface area contributed by atoms with E-state index in [9.17, 15) is 4.39 Å². The number of rotatable bonds is 7. The molecule has 2 aliphatic rings. The van der Waals surface area contributed by atoms with E-state index in [1.807, 2.05) is 24.3 Å². The highest BCUT2D eigenvalue weighted by Gasteiger charge is 2.23. The lowest BCUT2D eigenvalue weighted by Gasteiger charge is -2.35. The standard InChI is InChI=1S/C23H29FN4O3/c1-25-23(26-8-7-17-5-6-21-22(13-17)31-16-30-21)27-15-20(28-9-11-29-12-10-28)18-3-2-4-19(24)14-18/h2-6,13-14,20H,7-12,15-16H2,1H3,(H2,25,26,27). The summed E-state index contributed by atoms with van der Waals surface area (Å²) < 4.78 is 30.1. The number of hydrogen-bond donors (Lipinski definition) is 2. The Bertz CT molecular complexity index is 902. The lowest BCUT2D eigenvalue weighted by molar-refractivity contribution is 0.0169. The molecule has 0 amide bonds. The van der Waals surface area contributed by atoms with Crippen molar-refractivity contribution >= 4 is 5.96 Å². The average Bonchev–Trinajstić information content (AvgIpc) is 3.27. The van der Waals surface area contributed by atoms with Gasteiger partial charge in [0, 0.05) is 33.2 Å². The molecule has 2 aromatic carbocycles. The first kappa shape index (κ1) is 21.4. The molecule has 1 unspecified atom stereocenters. The van der Waals surface area contributed by atoms with E-state index in [0.29, 0.717) is 19.8 Å². The second-order valence-corrected chi connectivity index (χ2v) is 7.54. The first-order chi connectivity index (χ1) is 15.2. The Morgan fingerprint density at radius 1 is 1.10 bits per heavy atom. The Balaban J connectivity index is 1.32. The van der Waals surface area contributed by atoms with Crippen molar-refractivity contribution in [2.24, 2.45) is 4.99 Å². The molecule has 0 aromatic heterocycles. The molecule has 1 fully saturated rings. The Morgan fingerprint density at radius 2 is 1.94 bits per heavy atom. The number of hydrogen-bond acceptors (Lipinski definition) is 5. The van der Waals surface area contributed by atoms with E-state index in [2.05, 4.69) is 20.5 Å². The Hall–Kier alpha value is -2.84. The number of fused-ring (bicyclic) bond motifs is 1. The number of morpholine rings is 1. The molecule has 7 nitrogen and oxygen atoms in total. The Morgan fingerprint density at radius 3 is 2.74 bits per heavy atom. The van der Waals surface area contributed by atoms with Crippen molar-refractivity contribution in [3.05, 3.63) is 59.4 Å². The maximum Gasteiger partial charge on any atom is 0.231 e. The molecule has 1 saturated heterocycles. The fourth-order valence-corrected chi connectivity index (χ4v) is 3.90. The van der Waals surface area contributed by atoms with E-state index in [1.165, 1.54) is 6.07 Å². The van der Waals surface area contributed by atoms with Crippen molar-refractivity contribution in [1.29, 1.82) is 0 Å². The van der Waals surface area contributed by atoms with Crippen LogP contribution in [0.5, 0.6) is 11.5 Å². The molecule has 2 aliphatic heterocycles. The molecule has 0 aliphatic carbocycles. The monoisotopic (exact) mass is 428 g/mol. The topological polar surface area (TPSA) is 67.4 Å². The number of halogens is 1. The van der Waals surface area contributed by atoms with E-state index in [-0.39, 0.29) is 18.7 Å². The summed E-state index contributed by atoms with van der Waals surface area (Å²) in [4.78, 5) is 6.66. The fourth-order valence-electron chi connectivity index (χ4n) is 3.90. The van der Waals surface area contributed by atoms with Gasteiger partial charge in [-0.25, -0.2) is 4.39 Å². The molecular formula is C23H29FN4O3. The van der Waals surface area contributed by atoms with Gasteiger partial charge in [-0.1, -0.05) is 18.2 Å². The van der Waals surface area contributed by atoms with Crippen molar-refractivity contribution < 1.29 is 18.6 Å². The third kappa shape index (κ3) is 5.65. The molecule has 4 rings (SSSR count). The largest absolute Gasteiger partial charge is 0.454 e. The molecule has 2 N–H and O–H groups in total. The summed E-state index contributed by atoms with van der Waals surface area (Å²) in [7, 11) is 1.75. The van der Waals surface area contributed by atoms with Gasteiger partial charge in [0.1, 0.15) is 5.82 Å². The summed E-state index contributed by atoms with van der Waals surface area (Å²) in [6.07, 6.45) is 0.828. The Kier molecular flexibility index (Phi) is 7.22. The minimum absolute atomic E-state index is 0.0343. The quantitative estimate of drug-likeness (QED) is 0.521. The molecule has 2 heterocycles. The van der Waals surface area contributed by atoms with Crippen LogP contribution in [0.3, 0.4) is 0 Å². The smallest absolute Gasteiger partial charge is 0.231 e. The number of aliphatic imine (C=N–C) groups is 1. The van der Waals surface area contributed by atoms with Crippen LogP contribution in [0.1, 0.15) is 17.2 Å². The molecular weight excluding hydrogens is 399 g/mol. The first-order valence-electron chi connectivity index (χ1n) is 10.6. The highest BCUT2D eigenvalue weighted by molar-refractivity contribution is 5.79. The molecule has 0 saturated carbocycles. The summed E-state index contributed by atoms with van der Waals surface area (Å²) in [6, 6.07) is 12.9. The maximum atomic E-state index is 13.9. The van der Waals surface area contributed by atoms with E-state index >= 15 is 0 Å². The van der Waals surface area contributed by atoms with Crippen LogP contribution >= 0.6 is 0 Å². The van der Waals surface area contributed by atoms with Crippen LogP contribution in [-0.2, 0) is 11.2 Å². The van der Waals surface area contributed by atoms with Crippen molar-refractivity contribution in [3.63, 3.8) is 0 Å². The van der Waals surface area contributed by atoms with Gasteiger partial charge in [0.25, 0.3) is 0 Å². The van der Waals surface area contributed by atoms with Crippen LogP contribution < -0.4 is 20.1 Å². The van der Waals surface area contributed by atoms with Crippen LogP contribution in [0.25, 0.3) is 0 Å². The molecule has 0 radical (unpaired) electrons. The average molecular weight is 429 g/mol. The van der Waals surface area contributed by atoms with Crippen LogP contribution in [0.4, 0.5) is 4.39 Å². The third-order valence-electron chi connectivity index (χ3n) is 5.55. The SMILES string of the molecule is CN=C(NCCc1ccc2c(c1)OCO2)NCC(c1cccc(F)c1)N1CCOCC1. The number of nitrogens with zero attached hydrogens (tertiary/aromatic N) is 2. The van der Waals surface area contributed by atoms with Gasteiger partial charge in [0.15, 0.2) is 17.5 Å². The van der Waals surface area contributed by atoms with Gasteiger partial charge in [0.2, 0.25) is 6.79 Å². The van der Waals surface area contributed by atoms with E-state index < -0.39 is 0 Å². The zero-order valence-electron chi connectivity index (χ0n) is 17.8. The highest BCUT2D eigenvalue weighted by atomic mass is 19.1. The van der Waals surface area contributed by atoms with Crippen molar-refractivity contribution in [2.45, 2.75) is 12.5 Å². The number of guanidine groups is 1. The fraction of sp³-hybridized carbons (Fsp3) is 0.435. The van der Waals surface area contributed by atoms with Gasteiger partial charge in [-0.15, -0.1) is 0 Å². The normalized spacial score (nSPS) is 17.4. The predicted molar refractivity (Wildman–Crippen MR) is 117 cm³/mol. The second-order valence-electron chi connectivity index (χ2n) is 7.54. The minimum Gasteiger partial charge on any atom is -0.454 e. The second kappa shape index (κ2) is 10.5. The lowest BCUT2D eigenvalue weighted by atomic mass is 10.0. The van der Waals surface area contributed by atoms with E-state index in [0.717, 1.165) is 54.6 Å². The summed E-state index contributed by atoms with van der Waals surface area (Å²) >= 11 is 0. The zero-order chi connectivity index (χ0) is 21.5. The van der Waals surface area contributed by atoms with Crippen molar-refractivity contribution in [3.8, 4) is 11.5 Å². The molecule has 2 aromatic rings. The van der Waals surface area contributed by atoms with Gasteiger partial charge in [-0.3, -0.25) is 9.89 Å². The van der Waals surface area contributed by atoms with E-state index in [1.54, 1.807) is 19.2 Å². The van der Waals surface area contributed by atoms with Crippen molar-refractivity contribution in [1.82, 2.24) is 15.5 Å². The Labute approximate surface area is 182 Å². The van der Waals surface area contributed by atoms with Crippen LogP contribution in [0.15, 0.2) is 47.5 Å². The highest BCUT2D eigenvalue weighted by Crippen LogP contribution is 2.32. The van der Waals surface area contributed by atoms with Crippen LogP contribution in [-0.4, -0.2) is 64.1 Å². The number of ether oxygens (including phenoxy) is 3. The summed E-state index contributed by atoms with van der Waals surface area (Å²) in [5.41, 5.74) is 2.11. The summed E-state index contributed by atoms with van der Waals surface area (Å²) in [5, 5.41) is 6.76. The van der Waals surface area contributed by atoms with Gasteiger partial charge in [-0.05, 0) is 41.8 Å². The molecule has 8 heteroatoms. The molecule has 166 valence electrons. The van der Waals surface area contributed by atoms with E-state index in [4.69, 9.17) is 14.2 Å². The molecule has 1 atom stereocenters. The van der Waals surface area contributed by atoms with Gasteiger partial charge >= 0.3 is 0 Å². The molecule has 31 heavy (non-hydrogen) atoms. The minimum atomic E-state index is -0.220. The number of benzene rings is 2. The van der Waals surface area contributed by atoms with Crippen LogP contribution in [0.2, 0.25) is 0 Å². The molecule has 0 spiro atoms. The van der Waals surface area contributed by atoms with Gasteiger partial charge < -0.3 is 24.8 Å². The predicted octanol–water partition coefficient (Wildman–Crippen LogP) is 2.34. The summed E-state index contributed by atoms with van der Waals surface area (Å²) in [5.74, 6) is 2.08. The van der Waals surface area contributed by atoms with Crippen LogP contribution in [0, 0.1) is 5.82 Å². The first-order valence-corrected chi connectivity index (χ1v) is 10.6. The lowest BCUT2D eigenvalue weighted by Crippen LogP contribution is -2.46. The zero-order valence-corrected chi connectivity index (χ0v) is 17.8. The maximum absolute atomic E-state index is 13.9. The van der Waals surface area contributed by atoms with Crippen molar-refractivity contribution in [2.75, 3.05) is 53.2 Å². The van der Waals surface area contributed by atoms with Gasteiger partial charge in [-0.2, -0.15) is 0 Å². The third-order valence-corrected chi connectivity index (χ3v) is 5.55. The summed E-state index contributed by atoms with van der Waals surface area (Å²) in [6.45, 7) is 4.64. The number of nitrogens with one attached hydrogen (secondary N) is 2.